The van der Waals surface area contributed by atoms with Crippen molar-refractivity contribution in [3.05, 3.63) is 64.3 Å². The molecular formula is C28H24O15. The largest absolute Gasteiger partial charge is 0.508 e. The predicted molar refractivity (Wildman–Crippen MR) is 142 cm³/mol. The van der Waals surface area contributed by atoms with Crippen molar-refractivity contribution in [1.82, 2.24) is 0 Å². The molecule has 1 aliphatic rings. The molecule has 1 fully saturated rings. The van der Waals surface area contributed by atoms with E-state index in [0.29, 0.717) is 0 Å². The number of carbonyl (C=O) groups excluding carboxylic acids is 1. The van der Waals surface area contributed by atoms with Gasteiger partial charge in [0.2, 0.25) is 17.5 Å². The molecule has 1 aromatic heterocycles. The van der Waals surface area contributed by atoms with Gasteiger partial charge in [-0.2, -0.15) is 0 Å². The zero-order valence-corrected chi connectivity index (χ0v) is 21.7. The van der Waals surface area contributed by atoms with Gasteiger partial charge in [0, 0.05) is 17.7 Å². The number of phenolic OH excluding ortho intramolecular Hbond substituents is 6. The van der Waals surface area contributed by atoms with Crippen LogP contribution in [0, 0.1) is 0 Å². The van der Waals surface area contributed by atoms with Gasteiger partial charge in [-0.05, 0) is 36.4 Å². The van der Waals surface area contributed by atoms with Gasteiger partial charge in [0.25, 0.3) is 0 Å². The molecule has 0 bridgehead atoms. The molecule has 15 heteroatoms. The third kappa shape index (κ3) is 5.40. The first kappa shape index (κ1) is 29.3. The van der Waals surface area contributed by atoms with Crippen LogP contribution in [0.5, 0.6) is 40.2 Å². The number of carbonyl (C=O) groups is 1. The molecule has 9 N–H and O–H groups in total. The zero-order valence-electron chi connectivity index (χ0n) is 21.7. The summed E-state index contributed by atoms with van der Waals surface area (Å²) in [5, 5.41) is 89.8. The van der Waals surface area contributed by atoms with Gasteiger partial charge < -0.3 is 64.6 Å². The maximum Gasteiger partial charge on any atom is 0.339 e. The fourth-order valence-corrected chi connectivity index (χ4v) is 4.48. The van der Waals surface area contributed by atoms with Crippen LogP contribution in [0.2, 0.25) is 0 Å². The Labute approximate surface area is 239 Å². The molecule has 5 rings (SSSR count). The third-order valence-electron chi connectivity index (χ3n) is 6.65. The number of esters is 1. The molecule has 4 aromatic rings. The van der Waals surface area contributed by atoms with Crippen molar-refractivity contribution in [2.24, 2.45) is 0 Å². The minimum absolute atomic E-state index is 0.138. The van der Waals surface area contributed by atoms with E-state index >= 15 is 0 Å². The van der Waals surface area contributed by atoms with Crippen molar-refractivity contribution in [3.8, 4) is 51.6 Å². The minimum atomic E-state index is -1.99. The molecule has 3 aromatic carbocycles. The third-order valence-corrected chi connectivity index (χ3v) is 6.65. The van der Waals surface area contributed by atoms with E-state index in [2.05, 4.69) is 0 Å². The SMILES string of the molecule is O=C(OC1C(Oc2c(-c3ccc(O)cc3)oc3cc(O)cc(O)c3c2=O)OC(CO)C(O)C1O)c1cc(O)c(O)c(O)c1. The number of phenols is 6. The highest BCUT2D eigenvalue weighted by atomic mass is 16.7. The highest BCUT2D eigenvalue weighted by Gasteiger charge is 2.48. The molecule has 15 nitrogen and oxygen atoms in total. The van der Waals surface area contributed by atoms with E-state index in [9.17, 15) is 55.5 Å². The zero-order chi connectivity index (χ0) is 31.2. The molecule has 5 atom stereocenters. The standard InChI is InChI=1S/C28H24O15/c29-9-18-21(36)23(38)26(42-27(39)11-5-15(33)20(35)16(34)6-11)28(41-18)43-25-22(37)19-14(32)7-13(31)8-17(19)40-24(25)10-1-3-12(30)4-2-10/h1-8,18,21,23,26,28-36,38H,9H2. The van der Waals surface area contributed by atoms with Crippen LogP contribution in [0.1, 0.15) is 10.4 Å². The van der Waals surface area contributed by atoms with Gasteiger partial charge >= 0.3 is 5.97 Å². The first-order chi connectivity index (χ1) is 20.4. The van der Waals surface area contributed by atoms with Crippen molar-refractivity contribution in [1.29, 1.82) is 0 Å². The van der Waals surface area contributed by atoms with Crippen LogP contribution < -0.4 is 10.2 Å². The van der Waals surface area contributed by atoms with Crippen LogP contribution >= 0.6 is 0 Å². The lowest BCUT2D eigenvalue weighted by Gasteiger charge is -2.41. The smallest absolute Gasteiger partial charge is 0.339 e. The van der Waals surface area contributed by atoms with E-state index in [-0.39, 0.29) is 22.7 Å². The summed E-state index contributed by atoms with van der Waals surface area (Å²) in [7, 11) is 0. The molecule has 43 heavy (non-hydrogen) atoms. The molecular weight excluding hydrogens is 576 g/mol. The molecule has 1 saturated heterocycles. The Kier molecular flexibility index (Phi) is 7.64. The molecule has 5 unspecified atom stereocenters. The molecule has 2 heterocycles. The average Bonchev–Trinajstić information content (AvgIpc) is 2.96. The quantitative estimate of drug-likeness (QED) is 0.109. The van der Waals surface area contributed by atoms with Crippen molar-refractivity contribution >= 4 is 16.9 Å². The van der Waals surface area contributed by atoms with Crippen molar-refractivity contribution < 1.29 is 69.4 Å². The lowest BCUT2D eigenvalue weighted by Crippen LogP contribution is -2.61. The maximum atomic E-state index is 13.7. The van der Waals surface area contributed by atoms with Gasteiger partial charge in [0.05, 0.1) is 12.2 Å². The van der Waals surface area contributed by atoms with Gasteiger partial charge in [0.1, 0.15) is 46.5 Å². The molecule has 0 spiro atoms. The summed E-state index contributed by atoms with van der Waals surface area (Å²) in [6.07, 6.45) is -9.20. The van der Waals surface area contributed by atoms with E-state index in [1.807, 2.05) is 0 Å². The Bertz CT molecular complexity index is 1720. The summed E-state index contributed by atoms with van der Waals surface area (Å²) in [5.41, 5.74) is -1.63. The Morgan fingerprint density at radius 1 is 0.837 bits per heavy atom. The summed E-state index contributed by atoms with van der Waals surface area (Å²) in [6, 6.07) is 8.61. The number of benzene rings is 3. The fourth-order valence-electron chi connectivity index (χ4n) is 4.48. The van der Waals surface area contributed by atoms with E-state index < -0.39 is 94.2 Å². The fraction of sp³-hybridized carbons (Fsp3) is 0.214. The topological polar surface area (TPSA) is 257 Å². The summed E-state index contributed by atoms with van der Waals surface area (Å²) in [5.74, 6) is -6.21. The molecule has 0 saturated carbocycles. The second-order valence-electron chi connectivity index (χ2n) is 9.53. The monoisotopic (exact) mass is 600 g/mol. The number of aliphatic hydroxyl groups excluding tert-OH is 3. The van der Waals surface area contributed by atoms with Crippen LogP contribution in [-0.2, 0) is 9.47 Å². The number of hydrogen-bond donors (Lipinski definition) is 9. The van der Waals surface area contributed by atoms with Gasteiger partial charge in [-0.1, -0.05) is 0 Å². The molecule has 0 amide bonds. The van der Waals surface area contributed by atoms with E-state index in [1.165, 1.54) is 24.3 Å². The van der Waals surface area contributed by atoms with Gasteiger partial charge in [-0.25, -0.2) is 4.79 Å². The Balaban J connectivity index is 1.61. The summed E-state index contributed by atoms with van der Waals surface area (Å²) < 4.78 is 22.4. The lowest BCUT2D eigenvalue weighted by atomic mass is 9.99. The van der Waals surface area contributed by atoms with Crippen molar-refractivity contribution in [2.45, 2.75) is 30.7 Å². The molecule has 1 aliphatic heterocycles. The Hall–Kier alpha value is -5.22. The van der Waals surface area contributed by atoms with Gasteiger partial charge in [-0.3, -0.25) is 4.79 Å². The second-order valence-corrected chi connectivity index (χ2v) is 9.53. The first-order valence-corrected chi connectivity index (χ1v) is 12.5. The summed E-state index contributed by atoms with van der Waals surface area (Å²) >= 11 is 0. The Morgan fingerprint density at radius 3 is 2.12 bits per heavy atom. The highest BCUT2D eigenvalue weighted by molar-refractivity contribution is 5.91. The lowest BCUT2D eigenvalue weighted by molar-refractivity contribution is -0.276. The second kappa shape index (κ2) is 11.2. The van der Waals surface area contributed by atoms with E-state index in [4.69, 9.17) is 18.6 Å². The number of rotatable bonds is 6. The van der Waals surface area contributed by atoms with Crippen molar-refractivity contribution in [2.75, 3.05) is 6.61 Å². The number of aromatic hydroxyl groups is 6. The van der Waals surface area contributed by atoms with Crippen LogP contribution in [-0.4, -0.2) is 89.2 Å². The van der Waals surface area contributed by atoms with Crippen molar-refractivity contribution in [3.63, 3.8) is 0 Å². The van der Waals surface area contributed by atoms with Crippen LogP contribution in [0.15, 0.2) is 57.7 Å². The average molecular weight is 600 g/mol. The number of hydrogen-bond acceptors (Lipinski definition) is 15. The molecule has 0 aliphatic carbocycles. The van der Waals surface area contributed by atoms with Gasteiger partial charge in [-0.15, -0.1) is 0 Å². The predicted octanol–water partition coefficient (Wildman–Crippen LogP) is 0.737. The Morgan fingerprint density at radius 2 is 1.49 bits per heavy atom. The highest BCUT2D eigenvalue weighted by Crippen LogP contribution is 2.39. The number of fused-ring (bicyclic) bond motifs is 1. The number of aliphatic hydroxyl groups is 3. The van der Waals surface area contributed by atoms with Gasteiger partial charge in [0.15, 0.2) is 29.1 Å². The van der Waals surface area contributed by atoms with E-state index in [1.54, 1.807) is 0 Å². The summed E-state index contributed by atoms with van der Waals surface area (Å²) in [4.78, 5) is 26.6. The van der Waals surface area contributed by atoms with Crippen LogP contribution in [0.3, 0.4) is 0 Å². The van der Waals surface area contributed by atoms with E-state index in [0.717, 1.165) is 24.3 Å². The normalized spacial score (nSPS) is 21.9. The number of ether oxygens (including phenoxy) is 3. The first-order valence-electron chi connectivity index (χ1n) is 12.5. The van der Waals surface area contributed by atoms with Crippen LogP contribution in [0.25, 0.3) is 22.3 Å². The molecule has 0 radical (unpaired) electrons. The molecule has 226 valence electrons. The van der Waals surface area contributed by atoms with Crippen LogP contribution in [0.4, 0.5) is 0 Å². The minimum Gasteiger partial charge on any atom is -0.508 e. The maximum absolute atomic E-state index is 13.7. The summed E-state index contributed by atoms with van der Waals surface area (Å²) in [6.45, 7) is -0.852.